The van der Waals surface area contributed by atoms with Crippen LogP contribution >= 0.6 is 0 Å². The largest absolute Gasteiger partial charge is 0.236 e. The van der Waals surface area contributed by atoms with Gasteiger partial charge in [-0.2, -0.15) is 0 Å². The Bertz CT molecular complexity index is 906. The van der Waals surface area contributed by atoms with Crippen molar-refractivity contribution in [1.82, 2.24) is 4.90 Å². The summed E-state index contributed by atoms with van der Waals surface area (Å²) >= 11 is 0. The third-order valence-corrected chi connectivity index (χ3v) is 6.26. The molecule has 3 heteroatoms. The van der Waals surface area contributed by atoms with Gasteiger partial charge in [0.25, 0.3) is 0 Å². The first-order valence-corrected chi connectivity index (χ1v) is 9.46. The Morgan fingerprint density at radius 3 is 1.80 bits per heavy atom. The molecule has 0 N–H and O–H groups in total. The molecule has 2 bridgehead atoms. The van der Waals surface area contributed by atoms with E-state index in [0.29, 0.717) is 6.04 Å². The minimum absolute atomic E-state index is 0.102. The van der Waals surface area contributed by atoms with Crippen molar-refractivity contribution in [3.63, 3.8) is 0 Å². The lowest BCUT2D eigenvalue weighted by atomic mass is 9.93. The fourth-order valence-corrected chi connectivity index (χ4v) is 5.14. The Kier molecular flexibility index (Phi) is 3.01. The van der Waals surface area contributed by atoms with E-state index in [-0.39, 0.29) is 12.5 Å². The molecule has 2 atom stereocenters. The van der Waals surface area contributed by atoms with E-state index in [1.165, 1.54) is 64.8 Å². The fourth-order valence-electron chi connectivity index (χ4n) is 5.14. The highest BCUT2D eigenvalue weighted by Crippen LogP contribution is 2.51. The number of fused-ring (bicyclic) bond motifs is 4. The zero-order valence-corrected chi connectivity index (χ0v) is 14.2. The maximum Gasteiger partial charge on any atom is 0.175 e. The summed E-state index contributed by atoms with van der Waals surface area (Å²) in [5.41, 5.74) is 2.50. The van der Waals surface area contributed by atoms with Gasteiger partial charge in [0.2, 0.25) is 0 Å². The Balaban J connectivity index is 1.67. The van der Waals surface area contributed by atoms with Gasteiger partial charge in [0.15, 0.2) is 12.5 Å². The van der Waals surface area contributed by atoms with Gasteiger partial charge in [-0.1, -0.05) is 67.8 Å². The third-order valence-electron chi connectivity index (χ3n) is 6.26. The molecule has 25 heavy (non-hydrogen) atoms. The first kappa shape index (κ1) is 14.3. The summed E-state index contributed by atoms with van der Waals surface area (Å²) in [5.74, 6) is 0. The van der Waals surface area contributed by atoms with Crippen molar-refractivity contribution < 1.29 is 9.78 Å². The minimum atomic E-state index is -0.102. The lowest BCUT2D eigenvalue weighted by Gasteiger charge is -2.35. The van der Waals surface area contributed by atoms with Crippen LogP contribution in [0.2, 0.25) is 0 Å². The quantitative estimate of drug-likeness (QED) is 0.428. The van der Waals surface area contributed by atoms with Crippen LogP contribution in [-0.4, -0.2) is 10.9 Å². The second-order valence-electron chi connectivity index (χ2n) is 7.59. The molecule has 3 aromatic carbocycles. The first-order chi connectivity index (χ1) is 12.4. The predicted octanol–water partition coefficient (Wildman–Crippen LogP) is 5.60. The Morgan fingerprint density at radius 2 is 1.24 bits per heavy atom. The molecule has 3 aromatic rings. The lowest BCUT2D eigenvalue weighted by Crippen LogP contribution is -2.38. The topological polar surface area (TPSA) is 21.7 Å². The van der Waals surface area contributed by atoms with Crippen LogP contribution < -0.4 is 0 Å². The molecule has 1 saturated heterocycles. The Labute approximate surface area is 147 Å². The van der Waals surface area contributed by atoms with Gasteiger partial charge in [0.05, 0.1) is 0 Å². The summed E-state index contributed by atoms with van der Waals surface area (Å²) in [5, 5.41) is 5.26. The molecular weight excluding hydrogens is 310 g/mol. The van der Waals surface area contributed by atoms with Crippen molar-refractivity contribution >= 4 is 21.5 Å². The summed E-state index contributed by atoms with van der Waals surface area (Å²) in [6.45, 7) is 0. The third kappa shape index (κ3) is 1.92. The monoisotopic (exact) mass is 331 g/mol. The summed E-state index contributed by atoms with van der Waals surface area (Å²) in [4.78, 5) is 14.4. The van der Waals surface area contributed by atoms with E-state index in [1.54, 1.807) is 0 Å². The molecule has 126 valence electrons. The molecule has 0 radical (unpaired) electrons. The van der Waals surface area contributed by atoms with Crippen molar-refractivity contribution in [3.8, 4) is 0 Å². The van der Waals surface area contributed by atoms with Gasteiger partial charge in [0.1, 0.15) is 0 Å². The smallest absolute Gasteiger partial charge is 0.175 e. The molecular formula is C22H21NO2. The van der Waals surface area contributed by atoms with Crippen LogP contribution in [0, 0.1) is 0 Å². The molecule has 0 unspecified atom stereocenters. The normalized spacial score (nSPS) is 26.6. The molecule has 1 saturated carbocycles. The minimum Gasteiger partial charge on any atom is -0.236 e. The maximum absolute atomic E-state index is 5.93. The van der Waals surface area contributed by atoms with E-state index in [2.05, 4.69) is 53.4 Å². The number of rotatable bonds is 1. The van der Waals surface area contributed by atoms with Gasteiger partial charge < -0.3 is 0 Å². The highest BCUT2D eigenvalue weighted by atomic mass is 17.2. The number of nitrogens with zero attached hydrogens (tertiary/aromatic N) is 1. The molecule has 1 aliphatic carbocycles. The lowest BCUT2D eigenvalue weighted by molar-refractivity contribution is -0.300. The van der Waals surface area contributed by atoms with Gasteiger partial charge in [-0.15, -0.1) is 0 Å². The first-order valence-electron chi connectivity index (χ1n) is 9.46. The van der Waals surface area contributed by atoms with Crippen LogP contribution in [0.1, 0.15) is 55.7 Å². The Morgan fingerprint density at radius 1 is 0.680 bits per heavy atom. The van der Waals surface area contributed by atoms with E-state index in [9.17, 15) is 0 Å². The molecule has 2 aliphatic heterocycles. The van der Waals surface area contributed by atoms with Gasteiger partial charge in [-0.25, -0.2) is 14.7 Å². The van der Waals surface area contributed by atoms with E-state index < -0.39 is 0 Å². The second kappa shape index (κ2) is 5.28. The molecule has 6 rings (SSSR count). The fraction of sp³-hybridized carbons (Fsp3) is 0.364. The average Bonchev–Trinajstić information content (AvgIpc) is 3.06. The van der Waals surface area contributed by atoms with E-state index >= 15 is 0 Å². The number of benzene rings is 3. The van der Waals surface area contributed by atoms with E-state index in [1.807, 2.05) is 0 Å². The zero-order chi connectivity index (χ0) is 16.4. The summed E-state index contributed by atoms with van der Waals surface area (Å²) in [7, 11) is 0. The summed E-state index contributed by atoms with van der Waals surface area (Å²) in [6.07, 6.45) is 6.24. The van der Waals surface area contributed by atoms with Crippen LogP contribution in [0.3, 0.4) is 0 Å². The highest BCUT2D eigenvalue weighted by molar-refractivity contribution is 6.11. The second-order valence-corrected chi connectivity index (χ2v) is 7.59. The van der Waals surface area contributed by atoms with Crippen LogP contribution in [0.25, 0.3) is 21.5 Å². The van der Waals surface area contributed by atoms with Gasteiger partial charge in [-0.05, 0) is 34.4 Å². The average molecular weight is 331 g/mol. The van der Waals surface area contributed by atoms with E-state index in [0.717, 1.165) is 0 Å². The van der Waals surface area contributed by atoms with Crippen molar-refractivity contribution in [3.05, 3.63) is 59.7 Å². The number of hydrogen-bond donors (Lipinski definition) is 0. The maximum atomic E-state index is 5.93. The molecule has 3 nitrogen and oxygen atoms in total. The van der Waals surface area contributed by atoms with Crippen LogP contribution in [0.5, 0.6) is 0 Å². The predicted molar refractivity (Wildman–Crippen MR) is 97.8 cm³/mol. The van der Waals surface area contributed by atoms with Crippen LogP contribution in [-0.2, 0) is 9.78 Å². The molecule has 0 spiro atoms. The van der Waals surface area contributed by atoms with Crippen molar-refractivity contribution in [2.75, 3.05) is 0 Å². The standard InChI is InChI=1S/C22H21NO2/c1-2-8-16(9-3-1)23-21-17-10-4-6-14-12-13-15-7-5-11-18(20(15)19(14)17)22(23)25-24-21/h4-7,10-13,16,21-22H,1-3,8-9H2/t21-,22+. The molecule has 0 amide bonds. The van der Waals surface area contributed by atoms with Crippen molar-refractivity contribution in [2.45, 2.75) is 50.6 Å². The van der Waals surface area contributed by atoms with Gasteiger partial charge in [0, 0.05) is 17.2 Å². The van der Waals surface area contributed by atoms with Crippen LogP contribution in [0.15, 0.2) is 48.5 Å². The van der Waals surface area contributed by atoms with Crippen molar-refractivity contribution in [1.29, 1.82) is 0 Å². The Hall–Kier alpha value is -1.94. The van der Waals surface area contributed by atoms with Gasteiger partial charge >= 0.3 is 0 Å². The number of hydrogen-bond acceptors (Lipinski definition) is 3. The highest BCUT2D eigenvalue weighted by Gasteiger charge is 2.46. The molecule has 0 aromatic heterocycles. The van der Waals surface area contributed by atoms with Crippen LogP contribution in [0.4, 0.5) is 0 Å². The zero-order valence-electron chi connectivity index (χ0n) is 14.2. The molecule has 2 fully saturated rings. The molecule has 2 heterocycles. The SMILES string of the molecule is c1cc2c3c(c1)ccc1cccc(c13)[C@@H]1OO[C@H]2N1C1CCCCC1. The molecule has 3 aliphatic rings. The van der Waals surface area contributed by atoms with E-state index in [4.69, 9.17) is 9.78 Å². The summed E-state index contributed by atoms with van der Waals surface area (Å²) < 4.78 is 0. The van der Waals surface area contributed by atoms with Crippen molar-refractivity contribution in [2.24, 2.45) is 0 Å². The van der Waals surface area contributed by atoms with Gasteiger partial charge in [-0.3, -0.25) is 0 Å². The summed E-state index contributed by atoms with van der Waals surface area (Å²) in [6, 6.07) is 18.1.